The molecule has 4 heteroatoms. The summed E-state index contributed by atoms with van der Waals surface area (Å²) in [5.41, 5.74) is 8.30. The van der Waals surface area contributed by atoms with Gasteiger partial charge in [0, 0.05) is 5.56 Å². The molecule has 0 fully saturated rings. The van der Waals surface area contributed by atoms with Crippen molar-refractivity contribution in [2.24, 2.45) is 5.73 Å². The minimum absolute atomic E-state index is 0.231. The first-order chi connectivity index (χ1) is 9.06. The fraction of sp³-hybridized carbons (Fsp3) is 0.133. The quantitative estimate of drug-likeness (QED) is 0.841. The Bertz CT molecular complexity index is 611. The lowest BCUT2D eigenvalue weighted by Crippen LogP contribution is -2.09. The van der Waals surface area contributed by atoms with Gasteiger partial charge < -0.3 is 15.6 Å². The number of phenolic OH excluding ortho intramolecular Hbond substituents is 1. The van der Waals surface area contributed by atoms with Crippen molar-refractivity contribution >= 4 is 17.2 Å². The average molecular weight is 273 g/mol. The van der Waals surface area contributed by atoms with Crippen LogP contribution in [-0.4, -0.2) is 10.1 Å². The van der Waals surface area contributed by atoms with Gasteiger partial charge in [0.1, 0.15) is 23.1 Å². The SMILES string of the molecule is Cc1ccc(C(N)=S)cc1OCc1cccc(O)c1. The maximum Gasteiger partial charge on any atom is 0.123 e. The molecular formula is C15H15NO2S. The van der Waals surface area contributed by atoms with Crippen molar-refractivity contribution < 1.29 is 9.84 Å². The summed E-state index contributed by atoms with van der Waals surface area (Å²) in [6, 6.07) is 12.6. The molecule has 0 aliphatic heterocycles. The summed E-state index contributed by atoms with van der Waals surface area (Å²) in [5.74, 6) is 0.975. The van der Waals surface area contributed by atoms with Gasteiger partial charge in [-0.1, -0.05) is 36.5 Å². The van der Waals surface area contributed by atoms with E-state index in [1.807, 2.05) is 31.2 Å². The standard InChI is InChI=1S/C15H15NO2S/c1-10-5-6-12(15(16)19)8-14(10)18-9-11-3-2-4-13(17)7-11/h2-8,17H,9H2,1H3,(H2,16,19). The molecule has 98 valence electrons. The Morgan fingerprint density at radius 1 is 1.26 bits per heavy atom. The van der Waals surface area contributed by atoms with Crippen molar-refractivity contribution in [3.05, 3.63) is 59.2 Å². The number of rotatable bonds is 4. The van der Waals surface area contributed by atoms with Gasteiger partial charge in [0.2, 0.25) is 0 Å². The summed E-state index contributed by atoms with van der Waals surface area (Å²) in [7, 11) is 0. The molecule has 0 amide bonds. The lowest BCUT2D eigenvalue weighted by Gasteiger charge is -2.11. The molecule has 3 N–H and O–H groups in total. The number of thiocarbonyl (C=S) groups is 1. The van der Waals surface area contributed by atoms with Crippen LogP contribution < -0.4 is 10.5 Å². The summed E-state index contributed by atoms with van der Waals surface area (Å²) in [6.45, 7) is 2.34. The van der Waals surface area contributed by atoms with E-state index in [9.17, 15) is 5.11 Å². The third kappa shape index (κ3) is 3.45. The van der Waals surface area contributed by atoms with Crippen molar-refractivity contribution in [3.63, 3.8) is 0 Å². The average Bonchev–Trinajstić information content (AvgIpc) is 2.37. The van der Waals surface area contributed by atoms with Crippen LogP contribution in [0.15, 0.2) is 42.5 Å². The molecular weight excluding hydrogens is 258 g/mol. The Labute approximate surface area is 117 Å². The van der Waals surface area contributed by atoms with E-state index in [4.69, 9.17) is 22.7 Å². The zero-order valence-electron chi connectivity index (χ0n) is 10.6. The third-order valence-corrected chi connectivity index (χ3v) is 3.01. The predicted octanol–water partition coefficient (Wildman–Crippen LogP) is 2.91. The monoisotopic (exact) mass is 273 g/mol. The minimum Gasteiger partial charge on any atom is -0.508 e. The van der Waals surface area contributed by atoms with Crippen LogP contribution >= 0.6 is 12.2 Å². The predicted molar refractivity (Wildman–Crippen MR) is 79.5 cm³/mol. The van der Waals surface area contributed by atoms with Gasteiger partial charge in [-0.2, -0.15) is 0 Å². The highest BCUT2D eigenvalue weighted by molar-refractivity contribution is 7.80. The van der Waals surface area contributed by atoms with E-state index >= 15 is 0 Å². The first kappa shape index (κ1) is 13.4. The maximum absolute atomic E-state index is 9.39. The molecule has 0 aliphatic carbocycles. The van der Waals surface area contributed by atoms with E-state index in [0.717, 1.165) is 22.4 Å². The second-order valence-corrected chi connectivity index (χ2v) is 4.74. The second-order valence-electron chi connectivity index (χ2n) is 4.30. The van der Waals surface area contributed by atoms with E-state index in [-0.39, 0.29) is 5.75 Å². The number of phenols is 1. The maximum atomic E-state index is 9.39. The minimum atomic E-state index is 0.231. The fourth-order valence-corrected chi connectivity index (χ4v) is 1.84. The Morgan fingerprint density at radius 2 is 2.05 bits per heavy atom. The van der Waals surface area contributed by atoms with Crippen molar-refractivity contribution in [2.75, 3.05) is 0 Å². The van der Waals surface area contributed by atoms with Gasteiger partial charge in [-0.05, 0) is 36.2 Å². The zero-order valence-corrected chi connectivity index (χ0v) is 11.4. The molecule has 0 atom stereocenters. The Morgan fingerprint density at radius 3 is 2.74 bits per heavy atom. The van der Waals surface area contributed by atoms with E-state index in [2.05, 4.69) is 0 Å². The lowest BCUT2D eigenvalue weighted by molar-refractivity contribution is 0.303. The number of ether oxygens (including phenoxy) is 1. The van der Waals surface area contributed by atoms with Crippen molar-refractivity contribution in [3.8, 4) is 11.5 Å². The summed E-state index contributed by atoms with van der Waals surface area (Å²) >= 11 is 4.95. The van der Waals surface area contributed by atoms with Gasteiger partial charge in [-0.25, -0.2) is 0 Å². The van der Waals surface area contributed by atoms with Crippen LogP contribution in [0.1, 0.15) is 16.7 Å². The van der Waals surface area contributed by atoms with Crippen LogP contribution in [0.25, 0.3) is 0 Å². The Kier molecular flexibility index (Phi) is 4.02. The van der Waals surface area contributed by atoms with E-state index in [1.54, 1.807) is 18.2 Å². The highest BCUT2D eigenvalue weighted by Crippen LogP contribution is 2.21. The largest absolute Gasteiger partial charge is 0.508 e. The molecule has 0 saturated carbocycles. The number of hydrogen-bond donors (Lipinski definition) is 2. The van der Waals surface area contributed by atoms with Crippen LogP contribution in [0.3, 0.4) is 0 Å². The third-order valence-electron chi connectivity index (χ3n) is 2.78. The zero-order chi connectivity index (χ0) is 13.8. The first-order valence-corrected chi connectivity index (χ1v) is 6.28. The summed E-state index contributed by atoms with van der Waals surface area (Å²) in [4.78, 5) is 0.349. The van der Waals surface area contributed by atoms with Gasteiger partial charge in [0.25, 0.3) is 0 Å². The number of hydrogen-bond acceptors (Lipinski definition) is 3. The molecule has 0 saturated heterocycles. The number of aryl methyl sites for hydroxylation is 1. The lowest BCUT2D eigenvalue weighted by atomic mass is 10.1. The Hall–Kier alpha value is -2.07. The van der Waals surface area contributed by atoms with Crippen LogP contribution in [-0.2, 0) is 6.61 Å². The molecule has 0 spiro atoms. The summed E-state index contributed by atoms with van der Waals surface area (Å²) < 4.78 is 5.74. The molecule has 0 aromatic heterocycles. The second kappa shape index (κ2) is 5.71. The van der Waals surface area contributed by atoms with Crippen LogP contribution in [0, 0.1) is 6.92 Å². The summed E-state index contributed by atoms with van der Waals surface area (Å²) in [5, 5.41) is 9.39. The van der Waals surface area contributed by atoms with Gasteiger partial charge in [-0.15, -0.1) is 0 Å². The first-order valence-electron chi connectivity index (χ1n) is 5.87. The molecule has 0 bridgehead atoms. The van der Waals surface area contributed by atoms with E-state index in [1.165, 1.54) is 0 Å². The number of benzene rings is 2. The fourth-order valence-electron chi connectivity index (χ4n) is 1.72. The smallest absolute Gasteiger partial charge is 0.123 e. The molecule has 2 aromatic carbocycles. The van der Waals surface area contributed by atoms with Crippen molar-refractivity contribution in [1.82, 2.24) is 0 Å². The molecule has 2 rings (SSSR count). The molecule has 0 aliphatic rings. The topological polar surface area (TPSA) is 55.5 Å². The van der Waals surface area contributed by atoms with Gasteiger partial charge in [0.05, 0.1) is 0 Å². The van der Waals surface area contributed by atoms with Crippen molar-refractivity contribution in [1.29, 1.82) is 0 Å². The molecule has 0 radical (unpaired) electrons. The van der Waals surface area contributed by atoms with E-state index in [0.29, 0.717) is 11.6 Å². The number of aromatic hydroxyl groups is 1. The highest BCUT2D eigenvalue weighted by Gasteiger charge is 2.04. The van der Waals surface area contributed by atoms with E-state index < -0.39 is 0 Å². The van der Waals surface area contributed by atoms with Crippen LogP contribution in [0.4, 0.5) is 0 Å². The van der Waals surface area contributed by atoms with Crippen LogP contribution in [0.2, 0.25) is 0 Å². The van der Waals surface area contributed by atoms with Gasteiger partial charge >= 0.3 is 0 Å². The molecule has 0 heterocycles. The Balaban J connectivity index is 2.15. The normalized spacial score (nSPS) is 10.2. The molecule has 19 heavy (non-hydrogen) atoms. The van der Waals surface area contributed by atoms with Crippen molar-refractivity contribution in [2.45, 2.75) is 13.5 Å². The van der Waals surface area contributed by atoms with Crippen LogP contribution in [0.5, 0.6) is 11.5 Å². The molecule has 0 unspecified atom stereocenters. The summed E-state index contributed by atoms with van der Waals surface area (Å²) in [6.07, 6.45) is 0. The van der Waals surface area contributed by atoms with Gasteiger partial charge in [-0.3, -0.25) is 0 Å². The highest BCUT2D eigenvalue weighted by atomic mass is 32.1. The molecule has 2 aromatic rings. The molecule has 3 nitrogen and oxygen atoms in total. The van der Waals surface area contributed by atoms with Gasteiger partial charge in [0.15, 0.2) is 0 Å². The number of nitrogens with two attached hydrogens (primary N) is 1.